The van der Waals surface area contributed by atoms with Gasteiger partial charge in [0.2, 0.25) is 0 Å². The standard InChI is InChI=1S/C19H14Cl2N2O3S/c20-16-11-10-13(23-27(25,26)14-6-2-1-3-7-14)12-15(16)19(24)22-18-9-5-4-8-17(18)21/h1-12,23H,(H,22,24). The van der Waals surface area contributed by atoms with Gasteiger partial charge in [0.05, 0.1) is 26.2 Å². The molecule has 0 unspecified atom stereocenters. The molecule has 0 saturated heterocycles. The molecule has 1 amide bonds. The molecule has 0 aromatic heterocycles. The van der Waals surface area contributed by atoms with E-state index >= 15 is 0 Å². The third-order valence-corrected chi connectivity index (χ3v) is 5.70. The Kier molecular flexibility index (Phi) is 5.70. The van der Waals surface area contributed by atoms with Crippen molar-refractivity contribution in [2.75, 3.05) is 10.0 Å². The van der Waals surface area contributed by atoms with Gasteiger partial charge in [0, 0.05) is 5.69 Å². The number of benzene rings is 3. The second-order valence-corrected chi connectivity index (χ2v) is 8.04. The molecule has 0 aliphatic rings. The summed E-state index contributed by atoms with van der Waals surface area (Å²) in [6, 6.07) is 19.0. The summed E-state index contributed by atoms with van der Waals surface area (Å²) in [6.45, 7) is 0. The lowest BCUT2D eigenvalue weighted by Crippen LogP contribution is -2.15. The SMILES string of the molecule is O=C(Nc1ccccc1Cl)c1cc(NS(=O)(=O)c2ccccc2)ccc1Cl. The molecule has 0 spiro atoms. The smallest absolute Gasteiger partial charge is 0.261 e. The zero-order valence-electron chi connectivity index (χ0n) is 13.8. The molecule has 0 saturated carbocycles. The van der Waals surface area contributed by atoms with Gasteiger partial charge in [0.25, 0.3) is 15.9 Å². The Morgan fingerprint density at radius 3 is 2.19 bits per heavy atom. The maximum atomic E-state index is 12.5. The molecule has 0 atom stereocenters. The van der Waals surface area contributed by atoms with Crippen molar-refractivity contribution >= 4 is 50.5 Å². The number of carbonyl (C=O) groups is 1. The summed E-state index contributed by atoms with van der Waals surface area (Å²) in [5.74, 6) is -0.506. The van der Waals surface area contributed by atoms with Gasteiger partial charge >= 0.3 is 0 Å². The average molecular weight is 421 g/mol. The predicted molar refractivity (Wildman–Crippen MR) is 108 cm³/mol. The van der Waals surface area contributed by atoms with E-state index in [1.165, 1.54) is 30.3 Å². The zero-order chi connectivity index (χ0) is 19.4. The Hall–Kier alpha value is -2.54. The number of hydrogen-bond acceptors (Lipinski definition) is 3. The summed E-state index contributed by atoms with van der Waals surface area (Å²) in [7, 11) is -3.78. The van der Waals surface area contributed by atoms with Crippen LogP contribution in [-0.2, 0) is 10.0 Å². The van der Waals surface area contributed by atoms with Gasteiger partial charge in [-0.15, -0.1) is 0 Å². The third-order valence-electron chi connectivity index (χ3n) is 3.64. The molecule has 27 heavy (non-hydrogen) atoms. The molecule has 0 radical (unpaired) electrons. The van der Waals surface area contributed by atoms with Crippen LogP contribution in [0.4, 0.5) is 11.4 Å². The first-order valence-electron chi connectivity index (χ1n) is 7.80. The molecular formula is C19H14Cl2N2O3S. The highest BCUT2D eigenvalue weighted by Crippen LogP contribution is 2.26. The fourth-order valence-corrected chi connectivity index (χ4v) is 3.79. The summed E-state index contributed by atoms with van der Waals surface area (Å²) in [5.41, 5.74) is 0.757. The number of halogens is 2. The minimum Gasteiger partial charge on any atom is -0.321 e. The molecule has 0 fully saturated rings. The van der Waals surface area contributed by atoms with Gasteiger partial charge < -0.3 is 5.32 Å². The number of carbonyl (C=O) groups excluding carboxylic acids is 1. The van der Waals surface area contributed by atoms with Crippen LogP contribution in [0.3, 0.4) is 0 Å². The van der Waals surface area contributed by atoms with Crippen LogP contribution in [0.15, 0.2) is 77.7 Å². The van der Waals surface area contributed by atoms with E-state index in [0.717, 1.165) is 0 Å². The Morgan fingerprint density at radius 2 is 1.48 bits per heavy atom. The predicted octanol–water partition coefficient (Wildman–Crippen LogP) is 5.05. The molecule has 0 aliphatic heterocycles. The molecule has 0 aliphatic carbocycles. The molecular weight excluding hydrogens is 407 g/mol. The molecule has 3 aromatic carbocycles. The van der Waals surface area contributed by atoms with Crippen molar-refractivity contribution in [2.45, 2.75) is 4.90 Å². The van der Waals surface area contributed by atoms with Crippen molar-refractivity contribution in [1.29, 1.82) is 0 Å². The molecule has 0 bridgehead atoms. The Morgan fingerprint density at radius 1 is 0.815 bits per heavy atom. The maximum Gasteiger partial charge on any atom is 0.261 e. The first-order valence-corrected chi connectivity index (χ1v) is 10.0. The highest BCUT2D eigenvalue weighted by atomic mass is 35.5. The quantitative estimate of drug-likeness (QED) is 0.606. The van der Waals surface area contributed by atoms with Crippen molar-refractivity contribution in [3.63, 3.8) is 0 Å². The second-order valence-electron chi connectivity index (χ2n) is 5.55. The largest absolute Gasteiger partial charge is 0.321 e. The van der Waals surface area contributed by atoms with Crippen LogP contribution in [0.25, 0.3) is 0 Å². The van der Waals surface area contributed by atoms with Gasteiger partial charge in [-0.2, -0.15) is 0 Å². The van der Waals surface area contributed by atoms with E-state index in [-0.39, 0.29) is 21.2 Å². The van der Waals surface area contributed by atoms with Gasteiger partial charge in [-0.1, -0.05) is 53.5 Å². The summed E-state index contributed by atoms with van der Waals surface area (Å²) in [4.78, 5) is 12.7. The second kappa shape index (κ2) is 8.00. The third kappa shape index (κ3) is 4.60. The fraction of sp³-hybridized carbons (Fsp3) is 0. The monoisotopic (exact) mass is 420 g/mol. The summed E-state index contributed by atoms with van der Waals surface area (Å²) < 4.78 is 27.3. The summed E-state index contributed by atoms with van der Waals surface area (Å²) in [5, 5.41) is 3.22. The number of nitrogens with one attached hydrogen (secondary N) is 2. The number of rotatable bonds is 5. The highest BCUT2D eigenvalue weighted by molar-refractivity contribution is 7.92. The Bertz CT molecular complexity index is 1090. The van der Waals surface area contributed by atoms with Crippen molar-refractivity contribution in [3.8, 4) is 0 Å². The minimum atomic E-state index is -3.78. The summed E-state index contributed by atoms with van der Waals surface area (Å²) in [6.07, 6.45) is 0. The molecule has 138 valence electrons. The van der Waals surface area contributed by atoms with Crippen LogP contribution in [-0.4, -0.2) is 14.3 Å². The van der Waals surface area contributed by atoms with Gasteiger partial charge in [0.15, 0.2) is 0 Å². The highest BCUT2D eigenvalue weighted by Gasteiger charge is 2.17. The number of para-hydroxylation sites is 1. The zero-order valence-corrected chi connectivity index (χ0v) is 16.1. The number of hydrogen-bond donors (Lipinski definition) is 2. The van der Waals surface area contributed by atoms with Gasteiger partial charge in [-0.25, -0.2) is 8.42 Å². The normalized spacial score (nSPS) is 11.0. The van der Waals surface area contributed by atoms with E-state index < -0.39 is 15.9 Å². The molecule has 3 aromatic rings. The lowest BCUT2D eigenvalue weighted by Gasteiger charge is -2.12. The Labute approximate surface area is 167 Å². The molecule has 2 N–H and O–H groups in total. The lowest BCUT2D eigenvalue weighted by atomic mass is 10.2. The lowest BCUT2D eigenvalue weighted by molar-refractivity contribution is 0.102. The molecule has 0 heterocycles. The molecule has 8 heteroatoms. The number of anilines is 2. The van der Waals surface area contributed by atoms with Crippen LogP contribution in [0, 0.1) is 0 Å². The topological polar surface area (TPSA) is 75.3 Å². The minimum absolute atomic E-state index is 0.113. The van der Waals surface area contributed by atoms with Crippen molar-refractivity contribution in [2.24, 2.45) is 0 Å². The van der Waals surface area contributed by atoms with E-state index in [2.05, 4.69) is 10.0 Å². The van der Waals surface area contributed by atoms with Crippen LogP contribution < -0.4 is 10.0 Å². The molecule has 5 nitrogen and oxygen atoms in total. The number of amides is 1. The molecule has 3 rings (SSSR count). The first kappa shape index (κ1) is 19.2. The van der Waals surface area contributed by atoms with Gasteiger partial charge in [-0.3, -0.25) is 9.52 Å². The van der Waals surface area contributed by atoms with E-state index in [1.54, 1.807) is 42.5 Å². The van der Waals surface area contributed by atoms with Crippen molar-refractivity contribution < 1.29 is 13.2 Å². The maximum absolute atomic E-state index is 12.5. The first-order chi connectivity index (χ1) is 12.9. The van der Waals surface area contributed by atoms with E-state index in [4.69, 9.17) is 23.2 Å². The van der Waals surface area contributed by atoms with Gasteiger partial charge in [0.1, 0.15) is 0 Å². The van der Waals surface area contributed by atoms with Crippen LogP contribution in [0.5, 0.6) is 0 Å². The fourth-order valence-electron chi connectivity index (χ4n) is 2.33. The number of sulfonamides is 1. The van der Waals surface area contributed by atoms with E-state index in [1.807, 2.05) is 0 Å². The Balaban J connectivity index is 1.86. The average Bonchev–Trinajstić information content (AvgIpc) is 2.65. The van der Waals surface area contributed by atoms with Gasteiger partial charge in [-0.05, 0) is 42.5 Å². The van der Waals surface area contributed by atoms with Crippen molar-refractivity contribution in [1.82, 2.24) is 0 Å². The van der Waals surface area contributed by atoms with E-state index in [0.29, 0.717) is 10.7 Å². The van der Waals surface area contributed by atoms with Crippen molar-refractivity contribution in [3.05, 3.63) is 88.4 Å². The summed E-state index contributed by atoms with van der Waals surface area (Å²) >= 11 is 12.2. The van der Waals surface area contributed by atoms with E-state index in [9.17, 15) is 13.2 Å². The van der Waals surface area contributed by atoms with Crippen LogP contribution in [0.2, 0.25) is 10.0 Å². The van der Waals surface area contributed by atoms with Crippen LogP contribution in [0.1, 0.15) is 10.4 Å². The van der Waals surface area contributed by atoms with Crippen LogP contribution >= 0.6 is 23.2 Å².